The van der Waals surface area contributed by atoms with Gasteiger partial charge in [-0.25, -0.2) is 4.79 Å². The molecule has 0 spiro atoms. The van der Waals surface area contributed by atoms with Gasteiger partial charge in [-0.2, -0.15) is 5.26 Å². The van der Waals surface area contributed by atoms with Crippen molar-refractivity contribution < 1.29 is 9.90 Å². The Bertz CT molecular complexity index is 1030. The second-order valence-corrected chi connectivity index (χ2v) is 6.17. The Morgan fingerprint density at radius 3 is 2.84 bits per heavy atom. The Labute approximate surface area is 149 Å². The molecule has 0 amide bonds. The molecule has 0 aliphatic rings. The summed E-state index contributed by atoms with van der Waals surface area (Å²) in [6.07, 6.45) is 2.14. The molecule has 2 heterocycles. The number of hydrogen-bond acceptors (Lipinski definition) is 4. The number of pyridine rings is 2. The number of carbonyl (C=O) groups is 1. The molecule has 5 nitrogen and oxygen atoms in total. The predicted octanol–water partition coefficient (Wildman–Crippen LogP) is 3.95. The summed E-state index contributed by atoms with van der Waals surface area (Å²) in [5.74, 6) is -1.02. The molecular formula is C19H14ClN3O2. The van der Waals surface area contributed by atoms with Crippen molar-refractivity contribution in [3.8, 4) is 6.07 Å². The van der Waals surface area contributed by atoms with E-state index < -0.39 is 5.97 Å². The van der Waals surface area contributed by atoms with Gasteiger partial charge in [0, 0.05) is 23.7 Å². The molecule has 0 radical (unpaired) electrons. The van der Waals surface area contributed by atoms with Gasteiger partial charge >= 0.3 is 5.97 Å². The summed E-state index contributed by atoms with van der Waals surface area (Å²) in [5, 5.41) is 19.7. The SMILES string of the molecule is Cc1c(C(=O)O)cc(CC#N)nc1Cc1ccc2ncc(Cl)cc2c1. The lowest BCUT2D eigenvalue weighted by molar-refractivity contribution is 0.0695. The third-order valence-electron chi connectivity index (χ3n) is 4.00. The van der Waals surface area contributed by atoms with Gasteiger partial charge in [0.1, 0.15) is 0 Å². The van der Waals surface area contributed by atoms with Crippen molar-refractivity contribution in [2.45, 2.75) is 19.8 Å². The average molecular weight is 352 g/mol. The first-order chi connectivity index (χ1) is 12.0. The van der Waals surface area contributed by atoms with Crippen LogP contribution in [-0.4, -0.2) is 21.0 Å². The highest BCUT2D eigenvalue weighted by Gasteiger charge is 2.15. The minimum atomic E-state index is -1.02. The minimum Gasteiger partial charge on any atom is -0.478 e. The Balaban J connectivity index is 2.04. The molecular weight excluding hydrogens is 338 g/mol. The predicted molar refractivity (Wildman–Crippen MR) is 94.8 cm³/mol. The normalized spacial score (nSPS) is 10.6. The Morgan fingerprint density at radius 1 is 1.32 bits per heavy atom. The number of fused-ring (bicyclic) bond motifs is 1. The summed E-state index contributed by atoms with van der Waals surface area (Å²) in [6.45, 7) is 1.74. The van der Waals surface area contributed by atoms with E-state index in [0.717, 1.165) is 16.5 Å². The third-order valence-corrected chi connectivity index (χ3v) is 4.21. The van der Waals surface area contributed by atoms with Crippen molar-refractivity contribution in [1.82, 2.24) is 9.97 Å². The number of halogens is 1. The van der Waals surface area contributed by atoms with Gasteiger partial charge in [0.15, 0.2) is 0 Å². The maximum atomic E-state index is 11.5. The van der Waals surface area contributed by atoms with E-state index in [1.165, 1.54) is 6.07 Å². The molecule has 124 valence electrons. The second-order valence-electron chi connectivity index (χ2n) is 5.73. The van der Waals surface area contributed by atoms with E-state index >= 15 is 0 Å². The number of carboxylic acids is 1. The van der Waals surface area contributed by atoms with Crippen LogP contribution in [0.4, 0.5) is 0 Å². The van der Waals surface area contributed by atoms with Crippen molar-refractivity contribution in [2.75, 3.05) is 0 Å². The van der Waals surface area contributed by atoms with Gasteiger partial charge in [-0.3, -0.25) is 9.97 Å². The number of benzene rings is 1. The summed E-state index contributed by atoms with van der Waals surface area (Å²) >= 11 is 6.00. The fourth-order valence-corrected chi connectivity index (χ4v) is 2.91. The van der Waals surface area contributed by atoms with Crippen LogP contribution in [0.1, 0.15) is 32.9 Å². The van der Waals surface area contributed by atoms with Crippen molar-refractivity contribution >= 4 is 28.5 Å². The molecule has 6 heteroatoms. The number of nitriles is 1. The molecule has 0 saturated carbocycles. The first kappa shape index (κ1) is 16.9. The lowest BCUT2D eigenvalue weighted by Gasteiger charge is -2.11. The summed E-state index contributed by atoms with van der Waals surface area (Å²) in [6, 6.07) is 11.1. The van der Waals surface area contributed by atoms with Crippen LogP contribution in [0.3, 0.4) is 0 Å². The van der Waals surface area contributed by atoms with Gasteiger partial charge < -0.3 is 5.11 Å². The van der Waals surface area contributed by atoms with E-state index in [1.807, 2.05) is 30.3 Å². The van der Waals surface area contributed by atoms with Gasteiger partial charge in [0.05, 0.1) is 34.3 Å². The molecule has 3 aromatic rings. The lowest BCUT2D eigenvalue weighted by atomic mass is 9.99. The largest absolute Gasteiger partial charge is 0.478 e. The zero-order valence-corrected chi connectivity index (χ0v) is 14.2. The topological polar surface area (TPSA) is 86.9 Å². The molecule has 1 N–H and O–H groups in total. The summed E-state index contributed by atoms with van der Waals surface area (Å²) in [5.41, 5.74) is 3.71. The maximum absolute atomic E-state index is 11.5. The van der Waals surface area contributed by atoms with Crippen molar-refractivity contribution in [1.29, 1.82) is 5.26 Å². The van der Waals surface area contributed by atoms with Crippen LogP contribution in [0.5, 0.6) is 0 Å². The van der Waals surface area contributed by atoms with Crippen LogP contribution >= 0.6 is 11.6 Å². The summed E-state index contributed by atoms with van der Waals surface area (Å²) < 4.78 is 0. The van der Waals surface area contributed by atoms with Gasteiger partial charge in [-0.1, -0.05) is 17.7 Å². The molecule has 0 aliphatic carbocycles. The van der Waals surface area contributed by atoms with Gasteiger partial charge in [0.2, 0.25) is 0 Å². The molecule has 25 heavy (non-hydrogen) atoms. The number of aromatic carboxylic acids is 1. The highest BCUT2D eigenvalue weighted by atomic mass is 35.5. The zero-order valence-electron chi connectivity index (χ0n) is 13.5. The number of rotatable bonds is 4. The van der Waals surface area contributed by atoms with Crippen LogP contribution in [0.2, 0.25) is 5.02 Å². The van der Waals surface area contributed by atoms with Crippen LogP contribution < -0.4 is 0 Å². The fourth-order valence-electron chi connectivity index (χ4n) is 2.74. The number of carboxylic acid groups (broad SMARTS) is 1. The zero-order chi connectivity index (χ0) is 18.0. The third kappa shape index (κ3) is 3.59. The highest BCUT2D eigenvalue weighted by Crippen LogP contribution is 2.22. The monoisotopic (exact) mass is 351 g/mol. The number of hydrogen-bond donors (Lipinski definition) is 1. The maximum Gasteiger partial charge on any atom is 0.336 e. The van der Waals surface area contributed by atoms with Crippen molar-refractivity contribution in [2.24, 2.45) is 0 Å². The van der Waals surface area contributed by atoms with Crippen molar-refractivity contribution in [3.05, 3.63) is 69.6 Å². The molecule has 0 fully saturated rings. The van der Waals surface area contributed by atoms with E-state index in [1.54, 1.807) is 13.1 Å². The molecule has 3 rings (SSSR count). The molecule has 0 aliphatic heterocycles. The lowest BCUT2D eigenvalue weighted by Crippen LogP contribution is -2.08. The van der Waals surface area contributed by atoms with Gasteiger partial charge in [-0.05, 0) is 42.3 Å². The Morgan fingerprint density at radius 2 is 2.12 bits per heavy atom. The quantitative estimate of drug-likeness (QED) is 0.769. The van der Waals surface area contributed by atoms with Crippen LogP contribution in [-0.2, 0) is 12.8 Å². The van der Waals surface area contributed by atoms with Crippen molar-refractivity contribution in [3.63, 3.8) is 0 Å². The number of aromatic nitrogens is 2. The van der Waals surface area contributed by atoms with Crippen LogP contribution in [0.25, 0.3) is 10.9 Å². The molecule has 0 atom stereocenters. The molecule has 1 aromatic carbocycles. The molecule has 2 aromatic heterocycles. The molecule has 0 saturated heterocycles. The fraction of sp³-hybridized carbons (Fsp3) is 0.158. The first-order valence-electron chi connectivity index (χ1n) is 7.61. The summed E-state index contributed by atoms with van der Waals surface area (Å²) in [7, 11) is 0. The average Bonchev–Trinajstić information content (AvgIpc) is 2.57. The Kier molecular flexibility index (Phi) is 4.64. The summed E-state index contributed by atoms with van der Waals surface area (Å²) in [4.78, 5) is 20.2. The van der Waals surface area contributed by atoms with E-state index in [0.29, 0.717) is 28.4 Å². The first-order valence-corrected chi connectivity index (χ1v) is 7.99. The Hall–Kier alpha value is -2.97. The van der Waals surface area contributed by atoms with Gasteiger partial charge in [0.25, 0.3) is 0 Å². The number of nitrogens with zero attached hydrogens (tertiary/aromatic N) is 3. The van der Waals surface area contributed by atoms with E-state index in [2.05, 4.69) is 9.97 Å². The molecule has 0 bridgehead atoms. The van der Waals surface area contributed by atoms with E-state index in [9.17, 15) is 9.90 Å². The van der Waals surface area contributed by atoms with Gasteiger partial charge in [-0.15, -0.1) is 0 Å². The smallest absolute Gasteiger partial charge is 0.336 e. The second kappa shape index (κ2) is 6.88. The molecule has 0 unspecified atom stereocenters. The minimum absolute atomic E-state index is 0.0742. The van der Waals surface area contributed by atoms with E-state index in [-0.39, 0.29) is 12.0 Å². The standard InChI is InChI=1S/C19H14ClN3O2/c1-11-16(19(24)25)9-15(4-5-21)23-18(11)7-12-2-3-17-13(6-12)8-14(20)10-22-17/h2-3,6,8-10H,4,7H2,1H3,(H,24,25). The van der Waals surface area contributed by atoms with Crippen LogP contribution in [0, 0.1) is 18.3 Å². The van der Waals surface area contributed by atoms with E-state index in [4.69, 9.17) is 16.9 Å². The van der Waals surface area contributed by atoms with Crippen LogP contribution in [0.15, 0.2) is 36.5 Å². The highest BCUT2D eigenvalue weighted by molar-refractivity contribution is 6.31.